The molecule has 0 fully saturated rings. The Morgan fingerprint density at radius 1 is 1.28 bits per heavy atom. The summed E-state index contributed by atoms with van der Waals surface area (Å²) in [5, 5.41) is 4.74. The average molecular weight is 261 g/mol. The molecule has 1 aromatic carbocycles. The molecular formula is C14H19N3S. The molecule has 0 spiro atoms. The molecule has 2 rings (SSSR count). The van der Waals surface area contributed by atoms with Gasteiger partial charge < -0.3 is 0 Å². The van der Waals surface area contributed by atoms with E-state index in [1.807, 2.05) is 22.5 Å². The third-order valence-electron chi connectivity index (χ3n) is 2.88. The standard InChI is InChI=1S/C14H19N3S/c1-3-18-12(2)14-15-11-16-17(14)10-9-13-7-5-4-6-8-13/h4-8,11-12H,3,9-10H2,1-2H3. The van der Waals surface area contributed by atoms with Crippen molar-refractivity contribution in [2.45, 2.75) is 32.1 Å². The zero-order chi connectivity index (χ0) is 12.8. The zero-order valence-corrected chi connectivity index (χ0v) is 11.7. The predicted molar refractivity (Wildman–Crippen MR) is 76.7 cm³/mol. The monoisotopic (exact) mass is 261 g/mol. The van der Waals surface area contributed by atoms with Gasteiger partial charge in [0.2, 0.25) is 0 Å². The molecule has 1 heterocycles. The molecular weight excluding hydrogens is 242 g/mol. The highest BCUT2D eigenvalue weighted by Gasteiger charge is 2.12. The van der Waals surface area contributed by atoms with E-state index in [1.165, 1.54) is 5.56 Å². The van der Waals surface area contributed by atoms with E-state index in [-0.39, 0.29) is 0 Å². The number of benzene rings is 1. The molecule has 0 aliphatic heterocycles. The summed E-state index contributed by atoms with van der Waals surface area (Å²) in [5.74, 6) is 2.19. The molecule has 0 N–H and O–H groups in total. The zero-order valence-electron chi connectivity index (χ0n) is 10.9. The lowest BCUT2D eigenvalue weighted by Gasteiger charge is -2.11. The molecule has 1 unspecified atom stereocenters. The van der Waals surface area contributed by atoms with Crippen molar-refractivity contribution in [3.8, 4) is 0 Å². The lowest BCUT2D eigenvalue weighted by Crippen LogP contribution is -2.09. The fourth-order valence-corrected chi connectivity index (χ4v) is 2.80. The number of aromatic nitrogens is 3. The molecule has 96 valence electrons. The van der Waals surface area contributed by atoms with Gasteiger partial charge in [-0.05, 0) is 24.7 Å². The Balaban J connectivity index is 2.00. The maximum absolute atomic E-state index is 4.38. The van der Waals surface area contributed by atoms with Crippen LogP contribution in [0.2, 0.25) is 0 Å². The van der Waals surface area contributed by atoms with Crippen LogP contribution in [0.5, 0.6) is 0 Å². The fourth-order valence-electron chi connectivity index (χ4n) is 1.96. The summed E-state index contributed by atoms with van der Waals surface area (Å²) < 4.78 is 2.03. The lowest BCUT2D eigenvalue weighted by atomic mass is 10.1. The molecule has 1 atom stereocenters. The van der Waals surface area contributed by atoms with Crippen molar-refractivity contribution >= 4 is 11.8 Å². The topological polar surface area (TPSA) is 30.7 Å². The van der Waals surface area contributed by atoms with Crippen molar-refractivity contribution < 1.29 is 0 Å². The minimum Gasteiger partial charge on any atom is -0.249 e. The Morgan fingerprint density at radius 3 is 2.78 bits per heavy atom. The second-order valence-corrected chi connectivity index (χ2v) is 5.79. The largest absolute Gasteiger partial charge is 0.249 e. The Labute approximate surface area is 113 Å². The highest BCUT2D eigenvalue weighted by Crippen LogP contribution is 2.25. The molecule has 0 radical (unpaired) electrons. The van der Waals surface area contributed by atoms with E-state index in [9.17, 15) is 0 Å². The highest BCUT2D eigenvalue weighted by atomic mass is 32.2. The van der Waals surface area contributed by atoms with E-state index >= 15 is 0 Å². The van der Waals surface area contributed by atoms with Crippen molar-refractivity contribution in [1.82, 2.24) is 14.8 Å². The first-order valence-electron chi connectivity index (χ1n) is 6.34. The summed E-state index contributed by atoms with van der Waals surface area (Å²) >= 11 is 1.90. The van der Waals surface area contributed by atoms with Crippen LogP contribution in [-0.2, 0) is 13.0 Å². The maximum atomic E-state index is 4.38. The van der Waals surface area contributed by atoms with Gasteiger partial charge in [0, 0.05) is 6.54 Å². The van der Waals surface area contributed by atoms with E-state index in [0.717, 1.165) is 24.5 Å². The summed E-state index contributed by atoms with van der Waals surface area (Å²) in [4.78, 5) is 4.38. The first-order chi connectivity index (χ1) is 8.81. The van der Waals surface area contributed by atoms with Crippen molar-refractivity contribution in [3.63, 3.8) is 0 Å². The number of aryl methyl sites for hydroxylation is 2. The number of hydrogen-bond donors (Lipinski definition) is 0. The smallest absolute Gasteiger partial charge is 0.139 e. The van der Waals surface area contributed by atoms with E-state index in [2.05, 4.69) is 48.2 Å². The Kier molecular flexibility index (Phi) is 4.81. The van der Waals surface area contributed by atoms with Crippen LogP contribution in [0.4, 0.5) is 0 Å². The number of thioether (sulfide) groups is 1. The van der Waals surface area contributed by atoms with Gasteiger partial charge in [0.1, 0.15) is 12.2 Å². The molecule has 0 aliphatic carbocycles. The van der Waals surface area contributed by atoms with Gasteiger partial charge in [0.25, 0.3) is 0 Å². The summed E-state index contributed by atoms with van der Waals surface area (Å²) in [6, 6.07) is 10.5. The Bertz CT molecular complexity index is 467. The van der Waals surface area contributed by atoms with Crippen LogP contribution in [0.1, 0.15) is 30.5 Å². The van der Waals surface area contributed by atoms with E-state index in [4.69, 9.17) is 0 Å². The normalized spacial score (nSPS) is 12.6. The number of rotatable bonds is 6. The molecule has 0 amide bonds. The lowest BCUT2D eigenvalue weighted by molar-refractivity contribution is 0.580. The van der Waals surface area contributed by atoms with E-state index < -0.39 is 0 Å². The van der Waals surface area contributed by atoms with Crippen molar-refractivity contribution in [2.75, 3.05) is 5.75 Å². The van der Waals surface area contributed by atoms with Crippen LogP contribution in [0.15, 0.2) is 36.7 Å². The average Bonchev–Trinajstić information content (AvgIpc) is 2.86. The highest BCUT2D eigenvalue weighted by molar-refractivity contribution is 7.99. The van der Waals surface area contributed by atoms with E-state index in [0.29, 0.717) is 5.25 Å². The van der Waals surface area contributed by atoms with Gasteiger partial charge in [-0.1, -0.05) is 37.3 Å². The summed E-state index contributed by atoms with van der Waals surface area (Å²) in [6.07, 6.45) is 2.66. The van der Waals surface area contributed by atoms with Gasteiger partial charge in [-0.15, -0.1) is 0 Å². The second kappa shape index (κ2) is 6.59. The SMILES string of the molecule is CCSC(C)c1ncnn1CCc1ccccc1. The van der Waals surface area contributed by atoms with Crippen LogP contribution in [0.25, 0.3) is 0 Å². The molecule has 0 saturated carbocycles. The van der Waals surface area contributed by atoms with Crippen LogP contribution in [0.3, 0.4) is 0 Å². The van der Waals surface area contributed by atoms with Crippen LogP contribution in [-0.4, -0.2) is 20.5 Å². The van der Waals surface area contributed by atoms with E-state index in [1.54, 1.807) is 6.33 Å². The van der Waals surface area contributed by atoms with Gasteiger partial charge in [-0.3, -0.25) is 0 Å². The van der Waals surface area contributed by atoms with Gasteiger partial charge in [0.15, 0.2) is 0 Å². The maximum Gasteiger partial charge on any atom is 0.139 e. The minimum atomic E-state index is 0.410. The Hall–Kier alpha value is -1.29. The quantitative estimate of drug-likeness (QED) is 0.799. The molecule has 2 aromatic rings. The molecule has 4 heteroatoms. The van der Waals surface area contributed by atoms with Gasteiger partial charge in [-0.2, -0.15) is 16.9 Å². The summed E-state index contributed by atoms with van der Waals surface area (Å²) in [7, 11) is 0. The molecule has 1 aromatic heterocycles. The number of nitrogens with zero attached hydrogens (tertiary/aromatic N) is 3. The van der Waals surface area contributed by atoms with Crippen LogP contribution >= 0.6 is 11.8 Å². The minimum absolute atomic E-state index is 0.410. The van der Waals surface area contributed by atoms with Crippen molar-refractivity contribution in [1.29, 1.82) is 0 Å². The molecule has 0 aliphatic rings. The summed E-state index contributed by atoms with van der Waals surface area (Å²) in [5.41, 5.74) is 1.34. The van der Waals surface area contributed by atoms with Crippen molar-refractivity contribution in [3.05, 3.63) is 48.0 Å². The number of hydrogen-bond acceptors (Lipinski definition) is 3. The summed E-state index contributed by atoms with van der Waals surface area (Å²) in [6.45, 7) is 5.26. The molecule has 18 heavy (non-hydrogen) atoms. The molecule has 3 nitrogen and oxygen atoms in total. The van der Waals surface area contributed by atoms with Crippen LogP contribution in [0, 0.1) is 0 Å². The fraction of sp³-hybridized carbons (Fsp3) is 0.429. The predicted octanol–water partition coefficient (Wildman–Crippen LogP) is 3.33. The second-order valence-electron chi connectivity index (χ2n) is 4.17. The first-order valence-corrected chi connectivity index (χ1v) is 7.39. The van der Waals surface area contributed by atoms with Crippen molar-refractivity contribution in [2.24, 2.45) is 0 Å². The van der Waals surface area contributed by atoms with Gasteiger partial charge >= 0.3 is 0 Å². The molecule has 0 saturated heterocycles. The third kappa shape index (κ3) is 3.35. The first kappa shape index (κ1) is 13.1. The third-order valence-corrected chi connectivity index (χ3v) is 3.93. The van der Waals surface area contributed by atoms with Crippen LogP contribution < -0.4 is 0 Å². The van der Waals surface area contributed by atoms with Gasteiger partial charge in [0.05, 0.1) is 5.25 Å². The Morgan fingerprint density at radius 2 is 2.06 bits per heavy atom. The molecule has 0 bridgehead atoms. The van der Waals surface area contributed by atoms with Gasteiger partial charge in [-0.25, -0.2) is 9.67 Å².